The van der Waals surface area contributed by atoms with Crippen molar-refractivity contribution in [2.24, 2.45) is 0 Å². The number of ether oxygens (including phenoxy) is 2. The van der Waals surface area contributed by atoms with Crippen LogP contribution in [0.2, 0.25) is 0 Å². The lowest BCUT2D eigenvalue weighted by Gasteiger charge is -2.26. The molecule has 242 valence electrons. The second-order valence-corrected chi connectivity index (χ2v) is 10.6. The fraction of sp³-hybridized carbons (Fsp3) is 0.323. The first-order chi connectivity index (χ1) is 20.7. The van der Waals surface area contributed by atoms with E-state index in [-0.39, 0.29) is 40.0 Å². The molecule has 0 N–H and O–H groups in total. The lowest BCUT2D eigenvalue weighted by molar-refractivity contribution is -0.137. The van der Waals surface area contributed by atoms with Gasteiger partial charge in [0.05, 0.1) is 30.3 Å². The number of halogens is 10. The molecular weight excluding hydrogens is 624 g/mol. The van der Waals surface area contributed by atoms with Crippen LogP contribution in [0.3, 0.4) is 0 Å². The van der Waals surface area contributed by atoms with Crippen molar-refractivity contribution in [3.8, 4) is 16.9 Å². The molecule has 0 radical (unpaired) electrons. The number of hydrogen-bond donors (Lipinski definition) is 0. The fourth-order valence-electron chi connectivity index (χ4n) is 5.17. The Bertz CT molecular complexity index is 1580. The van der Waals surface area contributed by atoms with Crippen LogP contribution in [0.25, 0.3) is 11.1 Å². The van der Waals surface area contributed by atoms with Crippen molar-refractivity contribution in [2.45, 2.75) is 56.5 Å². The number of carbonyl (C=O) groups is 1. The van der Waals surface area contributed by atoms with Gasteiger partial charge in [0.2, 0.25) is 0 Å². The molecule has 45 heavy (non-hydrogen) atoms. The number of alkyl halides is 9. The van der Waals surface area contributed by atoms with E-state index in [0.717, 1.165) is 29.2 Å². The number of fused-ring (bicyclic) bond motifs is 1. The Kier molecular flexibility index (Phi) is 8.93. The molecule has 0 aromatic heterocycles. The summed E-state index contributed by atoms with van der Waals surface area (Å²) in [5.74, 6) is -0.951. The Morgan fingerprint density at radius 3 is 2.22 bits per heavy atom. The molecule has 2 aliphatic rings. The highest BCUT2D eigenvalue weighted by Crippen LogP contribution is 2.46. The average molecular weight is 650 g/mol. The summed E-state index contributed by atoms with van der Waals surface area (Å²) < 4.78 is 145. The van der Waals surface area contributed by atoms with Gasteiger partial charge in [-0.25, -0.2) is 9.18 Å². The van der Waals surface area contributed by atoms with Crippen LogP contribution < -0.4 is 4.74 Å². The molecule has 14 heteroatoms. The molecule has 0 aliphatic carbocycles. The van der Waals surface area contributed by atoms with Crippen LogP contribution in [0.5, 0.6) is 5.75 Å². The maximum absolute atomic E-state index is 14.8. The molecule has 0 saturated carbocycles. The summed E-state index contributed by atoms with van der Waals surface area (Å²) in [6.45, 7) is 6.88. The number of allylic oxidation sites excluding steroid dienone is 3. The molecule has 1 unspecified atom stereocenters. The minimum atomic E-state index is -5.23. The van der Waals surface area contributed by atoms with Crippen LogP contribution >= 0.6 is 0 Å². The van der Waals surface area contributed by atoms with Gasteiger partial charge < -0.3 is 9.47 Å². The molecule has 2 aliphatic heterocycles. The minimum absolute atomic E-state index is 0.0107. The second kappa shape index (κ2) is 11.9. The first-order valence-corrected chi connectivity index (χ1v) is 13.2. The van der Waals surface area contributed by atoms with Crippen molar-refractivity contribution in [3.63, 3.8) is 0 Å². The van der Waals surface area contributed by atoms with Gasteiger partial charge in [0.1, 0.15) is 11.6 Å². The maximum atomic E-state index is 14.8. The zero-order valence-corrected chi connectivity index (χ0v) is 23.7. The van der Waals surface area contributed by atoms with Gasteiger partial charge >= 0.3 is 24.6 Å². The van der Waals surface area contributed by atoms with Crippen molar-refractivity contribution in [1.82, 2.24) is 4.90 Å². The largest absolute Gasteiger partial charge is 0.496 e. The van der Waals surface area contributed by atoms with Crippen LogP contribution in [-0.2, 0) is 10.9 Å². The fourth-order valence-corrected chi connectivity index (χ4v) is 5.17. The molecule has 2 aromatic carbocycles. The van der Waals surface area contributed by atoms with Gasteiger partial charge in [0, 0.05) is 17.7 Å². The third-order valence-corrected chi connectivity index (χ3v) is 7.27. The van der Waals surface area contributed by atoms with Crippen molar-refractivity contribution >= 4 is 6.09 Å². The first kappa shape index (κ1) is 33.7. The number of methoxy groups -OCH3 is 1. The number of hydrogen-bond acceptors (Lipinski definition) is 3. The van der Waals surface area contributed by atoms with Gasteiger partial charge in [0.25, 0.3) is 0 Å². The highest BCUT2D eigenvalue weighted by Gasteiger charge is 2.49. The van der Waals surface area contributed by atoms with E-state index < -0.39 is 71.4 Å². The van der Waals surface area contributed by atoms with Gasteiger partial charge in [-0.15, -0.1) is 0 Å². The third kappa shape index (κ3) is 7.04. The molecule has 1 saturated heterocycles. The van der Waals surface area contributed by atoms with E-state index in [1.54, 1.807) is 13.8 Å². The van der Waals surface area contributed by atoms with E-state index in [1.807, 2.05) is 0 Å². The highest BCUT2D eigenvalue weighted by molar-refractivity contribution is 5.79. The molecule has 4 rings (SSSR count). The van der Waals surface area contributed by atoms with Crippen molar-refractivity contribution in [3.05, 3.63) is 101 Å². The standard InChI is InChI=1S/C31H25F10NO3/c1-15(2)20-13-22(26(44-4)14-23(20)32)19-6-5-17(30(36,37)38)12-21(19)24-7-8-25-27(45-28(43)42(24)25)16(3)11-18(31(39,40)41)9-10-29(33,34)35/h5-15,24-25,27H,3H2,1-2,4H3/b10-9+,18-11+/t24-,25?,27+/m0/s1. The molecular formula is C31H25F10NO3. The zero-order valence-electron chi connectivity index (χ0n) is 23.7. The Labute approximate surface area is 250 Å². The van der Waals surface area contributed by atoms with E-state index in [1.165, 1.54) is 25.3 Å². The van der Waals surface area contributed by atoms with Crippen molar-refractivity contribution in [1.29, 1.82) is 0 Å². The van der Waals surface area contributed by atoms with E-state index in [0.29, 0.717) is 6.08 Å². The summed E-state index contributed by atoms with van der Waals surface area (Å²) in [5, 5.41) is 0. The van der Waals surface area contributed by atoms with Crippen molar-refractivity contribution < 1.29 is 58.2 Å². The van der Waals surface area contributed by atoms with Gasteiger partial charge in [-0.2, -0.15) is 39.5 Å². The summed E-state index contributed by atoms with van der Waals surface area (Å²) >= 11 is 0. The van der Waals surface area contributed by atoms with E-state index in [9.17, 15) is 48.7 Å². The van der Waals surface area contributed by atoms with E-state index >= 15 is 0 Å². The summed E-state index contributed by atoms with van der Waals surface area (Å²) in [7, 11) is 1.24. The number of cyclic esters (lactones) is 1. The number of rotatable bonds is 7. The summed E-state index contributed by atoms with van der Waals surface area (Å²) in [6.07, 6.45) is -15.5. The highest BCUT2D eigenvalue weighted by atomic mass is 19.4. The number of amides is 1. The molecule has 4 nitrogen and oxygen atoms in total. The Morgan fingerprint density at radius 2 is 1.67 bits per heavy atom. The second-order valence-electron chi connectivity index (χ2n) is 10.6. The van der Waals surface area contributed by atoms with Gasteiger partial charge in [-0.1, -0.05) is 38.6 Å². The van der Waals surface area contributed by atoms with E-state index in [2.05, 4.69) is 6.58 Å². The topological polar surface area (TPSA) is 38.8 Å². The van der Waals surface area contributed by atoms with E-state index in [4.69, 9.17) is 9.47 Å². The Hall–Kier alpha value is -4.23. The van der Waals surface area contributed by atoms with Gasteiger partial charge in [-0.05, 0) is 58.5 Å². The van der Waals surface area contributed by atoms with Crippen LogP contribution in [0.1, 0.15) is 42.5 Å². The normalized spacial score (nSPS) is 20.8. The molecule has 1 fully saturated rings. The van der Waals surface area contributed by atoms with Crippen LogP contribution in [0, 0.1) is 5.82 Å². The number of nitrogens with zero attached hydrogens (tertiary/aromatic N) is 1. The smallest absolute Gasteiger partial charge is 0.416 e. The predicted octanol–water partition coefficient (Wildman–Crippen LogP) is 9.61. The van der Waals surface area contributed by atoms with Crippen LogP contribution in [0.15, 0.2) is 78.4 Å². The first-order valence-electron chi connectivity index (χ1n) is 13.2. The van der Waals surface area contributed by atoms with Crippen LogP contribution in [0.4, 0.5) is 48.7 Å². The predicted molar refractivity (Wildman–Crippen MR) is 144 cm³/mol. The minimum Gasteiger partial charge on any atom is -0.496 e. The molecule has 1 amide bonds. The van der Waals surface area contributed by atoms with Gasteiger partial charge in [0.15, 0.2) is 6.10 Å². The third-order valence-electron chi connectivity index (χ3n) is 7.27. The number of carbonyl (C=O) groups excluding carboxylic acids is 1. The zero-order chi connectivity index (χ0) is 33.6. The SMILES string of the molecule is C=C(/C=C(\C=C\C(F)(F)F)C(F)(F)F)[C@H]1OC(=O)N2C1C=C[C@H]2c1cc(C(F)(F)F)ccc1-c1cc(C(C)C)c(F)cc1OC. The Balaban J connectivity index is 1.80. The van der Waals surface area contributed by atoms with Crippen LogP contribution in [-0.4, -0.2) is 42.6 Å². The summed E-state index contributed by atoms with van der Waals surface area (Å²) in [4.78, 5) is 14.0. The molecule has 2 aromatic rings. The maximum Gasteiger partial charge on any atom is 0.416 e. The summed E-state index contributed by atoms with van der Waals surface area (Å²) in [5.41, 5.74) is -2.79. The molecule has 2 heterocycles. The number of benzene rings is 2. The quantitative estimate of drug-likeness (QED) is 0.170. The Morgan fingerprint density at radius 1 is 1.00 bits per heavy atom. The lowest BCUT2D eigenvalue weighted by Crippen LogP contribution is -2.34. The molecule has 3 atom stereocenters. The summed E-state index contributed by atoms with van der Waals surface area (Å²) in [6, 6.07) is 2.83. The molecule has 0 bridgehead atoms. The lowest BCUT2D eigenvalue weighted by atomic mass is 9.89. The average Bonchev–Trinajstić information content (AvgIpc) is 3.49. The van der Waals surface area contributed by atoms with Gasteiger partial charge in [-0.3, -0.25) is 4.90 Å². The van der Waals surface area contributed by atoms with Crippen molar-refractivity contribution in [2.75, 3.05) is 7.11 Å². The molecule has 0 spiro atoms. The monoisotopic (exact) mass is 649 g/mol.